The Morgan fingerprint density at radius 3 is 2.53 bits per heavy atom. The molecule has 0 bridgehead atoms. The molecule has 1 amide bonds. The topological polar surface area (TPSA) is 94.9 Å². The van der Waals surface area contributed by atoms with Crippen molar-refractivity contribution >= 4 is 40.3 Å². The van der Waals surface area contributed by atoms with Crippen LogP contribution in [-0.2, 0) is 9.47 Å². The molecular formula is C28H38ILrN4O4-3. The van der Waals surface area contributed by atoms with Crippen LogP contribution in [0.2, 0.25) is 0 Å². The van der Waals surface area contributed by atoms with Crippen LogP contribution in [0.5, 0.6) is 0 Å². The van der Waals surface area contributed by atoms with Crippen LogP contribution < -0.4 is 5.32 Å². The maximum absolute atomic E-state index is 12.1. The Hall–Kier alpha value is -3.40. The Labute approximate surface area is 235 Å². The zero-order chi connectivity index (χ0) is 26.5. The van der Waals surface area contributed by atoms with Crippen LogP contribution in [0.25, 0.3) is 5.32 Å². The number of ether oxygens (including phenoxy) is 2. The molecule has 1 N–H and O–H groups in total. The van der Waals surface area contributed by atoms with Crippen molar-refractivity contribution in [2.45, 2.75) is 58.1 Å². The van der Waals surface area contributed by atoms with Gasteiger partial charge >= 0.3 is 5.97 Å². The number of anilines is 1. The van der Waals surface area contributed by atoms with Crippen LogP contribution in [0.3, 0.4) is 0 Å². The van der Waals surface area contributed by atoms with Gasteiger partial charge in [0.2, 0.25) is 6.09 Å². The van der Waals surface area contributed by atoms with Crippen molar-refractivity contribution in [3.63, 3.8) is 0 Å². The third kappa shape index (κ3) is 9.48. The molecule has 0 spiro atoms. The predicted octanol–water partition coefficient (Wildman–Crippen LogP) is 6.66. The van der Waals surface area contributed by atoms with Gasteiger partial charge in [0.05, 0.1) is 24.4 Å². The van der Waals surface area contributed by atoms with Crippen molar-refractivity contribution in [3.8, 4) is 0 Å². The number of methoxy groups -OCH3 is 1. The maximum Gasteiger partial charge on any atom is 0.338 e. The summed E-state index contributed by atoms with van der Waals surface area (Å²) in [6.07, 6.45) is 3.84. The molecule has 1 heterocycles. The summed E-state index contributed by atoms with van der Waals surface area (Å²) in [5, 5.41) is 7.58. The number of pyridine rings is 1. The van der Waals surface area contributed by atoms with Gasteiger partial charge in [0.15, 0.2) is 0 Å². The Morgan fingerprint density at radius 2 is 1.97 bits per heavy atom. The van der Waals surface area contributed by atoms with Crippen LogP contribution >= 0.6 is 22.6 Å². The fraction of sp³-hybridized carbons (Fsp3) is 0.464. The van der Waals surface area contributed by atoms with E-state index in [0.29, 0.717) is 24.6 Å². The van der Waals surface area contributed by atoms with Gasteiger partial charge in [-0.15, -0.1) is 6.54 Å². The van der Waals surface area contributed by atoms with Gasteiger partial charge in [0.1, 0.15) is 5.60 Å². The number of amides is 1. The molecule has 0 saturated heterocycles. The minimum atomic E-state index is -0.573. The maximum atomic E-state index is 12.1. The van der Waals surface area contributed by atoms with Crippen LogP contribution in [0, 0.1) is 25.0 Å². The quantitative estimate of drug-likeness (QED) is 0.162. The molecule has 1 unspecified atom stereocenters. The van der Waals surface area contributed by atoms with Gasteiger partial charge in [-0.2, -0.15) is 0 Å². The van der Waals surface area contributed by atoms with Crippen molar-refractivity contribution in [2.24, 2.45) is 0 Å². The molecule has 1 aromatic carbocycles. The number of hydrogen-bond donors (Lipinski definition) is 1. The number of rotatable bonds is 10. The first kappa shape index (κ1) is 32.6. The molecule has 8 nitrogen and oxygen atoms in total. The zero-order valence-corrected chi connectivity index (χ0v) is 27.2. The van der Waals surface area contributed by atoms with Gasteiger partial charge in [-0.3, -0.25) is 16.8 Å². The van der Waals surface area contributed by atoms with Gasteiger partial charge in [-0.25, -0.2) is 4.79 Å². The molecule has 1 fully saturated rings. The number of carbonyl (C=O) groups is 2. The fourth-order valence-corrected chi connectivity index (χ4v) is 4.35. The van der Waals surface area contributed by atoms with E-state index in [4.69, 9.17) is 14.5 Å². The molecule has 10 heteroatoms. The molecule has 1 atom stereocenters. The third-order valence-electron chi connectivity index (χ3n) is 5.76. The van der Waals surface area contributed by atoms with E-state index in [2.05, 4.69) is 52.4 Å². The van der Waals surface area contributed by atoms with E-state index >= 15 is 0 Å². The van der Waals surface area contributed by atoms with E-state index in [0.717, 1.165) is 20.5 Å². The van der Waals surface area contributed by atoms with Gasteiger partial charge in [0, 0.05) is 15.5 Å². The number of aromatic nitrogens is 1. The first-order chi connectivity index (χ1) is 17.0. The van der Waals surface area contributed by atoms with Crippen LogP contribution in [0.4, 0.5) is 10.5 Å². The van der Waals surface area contributed by atoms with Gasteiger partial charge in [0.25, 0.3) is 0 Å². The average molecular weight is 884 g/mol. The number of halogens is 1. The monoisotopic (exact) mass is 883 g/mol. The minimum Gasteiger partial charge on any atom is -0.616 e. The van der Waals surface area contributed by atoms with Crippen molar-refractivity contribution in [1.29, 1.82) is 0 Å². The van der Waals surface area contributed by atoms with Gasteiger partial charge in [-0.05, 0) is 111 Å². The third-order valence-corrected chi connectivity index (χ3v) is 6.65. The van der Waals surface area contributed by atoms with E-state index in [9.17, 15) is 9.59 Å². The summed E-state index contributed by atoms with van der Waals surface area (Å²) in [7, 11) is 5.53. The van der Waals surface area contributed by atoms with Gasteiger partial charge < -0.3 is 32.4 Å². The Bertz CT molecular complexity index is 1070. The summed E-state index contributed by atoms with van der Waals surface area (Å²) in [6, 6.07) is 7.81. The molecule has 3 rings (SSSR count). The largest absolute Gasteiger partial charge is 0.616 e. The number of carbonyl (C=O) groups excluding carboxylic acids is 2. The summed E-state index contributed by atoms with van der Waals surface area (Å²) in [6.45, 7) is 8.62. The second-order valence-electron chi connectivity index (χ2n) is 10.1. The van der Waals surface area contributed by atoms with Crippen molar-refractivity contribution in [1.82, 2.24) is 9.88 Å². The molecule has 1 saturated carbocycles. The average Bonchev–Trinajstić information content (AvgIpc) is 3.64. The summed E-state index contributed by atoms with van der Waals surface area (Å²) in [5.41, 5.74) is 3.85. The smallest absolute Gasteiger partial charge is 0.338 e. The van der Waals surface area contributed by atoms with Crippen molar-refractivity contribution in [3.05, 3.63) is 76.2 Å². The predicted molar refractivity (Wildman–Crippen MR) is 156 cm³/mol. The molecule has 1 aliphatic rings. The number of benzene rings is 1. The number of nitrogens with zero attached hydrogens (tertiary/aromatic N) is 3. The van der Waals surface area contributed by atoms with E-state index in [1.807, 2.05) is 50.9 Å². The number of esters is 1. The summed E-state index contributed by atoms with van der Waals surface area (Å²) in [4.78, 5) is 30.6. The Morgan fingerprint density at radius 1 is 1.29 bits per heavy atom. The standard InChI is InChI=1S/C27H36IN4O4.CH3.Lr/c1-17-13-23(21(28)14-20(17)25(33)35-6)31-24(22-10-9-19(15-30-22)18-7-8-18)16-32(5)12-11-29-26(34)36-27(2,3)4;;/h9-10,13-15,18,24H,5,7-8,11-12,16H2,1-4,6H3,(H2,29,31,33,34);1H3;/q2*-1;/p-1. The second kappa shape index (κ2) is 13.9. The summed E-state index contributed by atoms with van der Waals surface area (Å²) < 4.78 is 11.0. The van der Waals surface area contributed by atoms with Gasteiger partial charge in [-0.1, -0.05) is 6.07 Å². The Kier molecular flexibility index (Phi) is 12.0. The Balaban J connectivity index is 0.00000361. The molecular weight excluding hydrogens is 845 g/mol. The van der Waals surface area contributed by atoms with Crippen LogP contribution in [0.1, 0.15) is 72.8 Å². The SMILES string of the molecule is [CH2-]N(CC[N-]C(=O)OC(C)(C)C)CC(Nc1cc(C)c(C(=O)OC)cc1I)c1ccc(C2CC2)cn1.[CH3-].[Lr]. The van der Waals surface area contributed by atoms with Crippen LogP contribution in [0.15, 0.2) is 30.5 Å². The van der Waals surface area contributed by atoms with E-state index < -0.39 is 11.7 Å². The van der Waals surface area contributed by atoms with Crippen LogP contribution in [-0.4, -0.2) is 54.3 Å². The summed E-state index contributed by atoms with van der Waals surface area (Å²) in [5.74, 6) is 0.273. The zero-order valence-electron chi connectivity index (χ0n) is 22.9. The first-order valence-electron chi connectivity index (χ1n) is 12.0. The first-order valence-corrected chi connectivity index (χ1v) is 13.1. The molecule has 2 aromatic rings. The fourth-order valence-electron chi connectivity index (χ4n) is 3.73. The second-order valence-corrected chi connectivity index (χ2v) is 11.2. The number of hydrogen-bond acceptors (Lipinski definition) is 7. The van der Waals surface area contributed by atoms with E-state index in [1.54, 1.807) is 0 Å². The number of aryl methyl sites for hydroxylation is 1. The molecule has 1 radical (unpaired) electrons. The molecule has 1 aromatic heterocycles. The molecule has 0 aliphatic heterocycles. The molecule has 1 aliphatic carbocycles. The van der Waals surface area contributed by atoms with Crippen molar-refractivity contribution in [2.75, 3.05) is 32.1 Å². The summed E-state index contributed by atoms with van der Waals surface area (Å²) >= 11 is 2.22. The molecule has 219 valence electrons. The minimum absolute atomic E-state index is 0. The van der Waals surface area contributed by atoms with E-state index in [-0.39, 0.29) is 26.0 Å². The number of nitrogens with one attached hydrogen (secondary N) is 1. The normalized spacial score (nSPS) is 13.6. The van der Waals surface area contributed by atoms with Crippen molar-refractivity contribution < 1.29 is 19.1 Å². The molecule has 38 heavy (non-hydrogen) atoms. The van der Waals surface area contributed by atoms with E-state index in [1.165, 1.54) is 25.5 Å².